The molecular weight excluding hydrogens is 280 g/mol. The Bertz CT molecular complexity index is 701. The van der Waals surface area contributed by atoms with E-state index < -0.39 is 0 Å². The molecule has 1 aromatic carbocycles. The summed E-state index contributed by atoms with van der Waals surface area (Å²) >= 11 is 0. The monoisotopic (exact) mass is 298 g/mol. The van der Waals surface area contributed by atoms with Gasteiger partial charge in [-0.15, -0.1) is 0 Å². The van der Waals surface area contributed by atoms with E-state index in [9.17, 15) is 0 Å². The van der Waals surface area contributed by atoms with Crippen LogP contribution in [0.4, 0.5) is 17.3 Å². The highest BCUT2D eigenvalue weighted by molar-refractivity contribution is 5.63. The number of aryl methyl sites for hydroxylation is 1. The lowest BCUT2D eigenvalue weighted by Crippen LogP contribution is -2.15. The van der Waals surface area contributed by atoms with Gasteiger partial charge in [-0.3, -0.25) is 0 Å². The molecule has 0 spiro atoms. The quantitative estimate of drug-likeness (QED) is 0.904. The molecule has 1 fully saturated rings. The maximum Gasteiger partial charge on any atom is 0.163 e. The Morgan fingerprint density at radius 1 is 1.00 bits per heavy atom. The minimum atomic E-state index is 0.566. The van der Waals surface area contributed by atoms with Crippen LogP contribution in [0.5, 0.6) is 11.5 Å². The minimum absolute atomic E-state index is 0.566. The van der Waals surface area contributed by atoms with Gasteiger partial charge in [-0.2, -0.15) is 0 Å². The summed E-state index contributed by atoms with van der Waals surface area (Å²) in [6.45, 7) is 3.08. The molecule has 2 N–H and O–H groups in total. The van der Waals surface area contributed by atoms with Crippen LogP contribution in [-0.4, -0.2) is 29.2 Å². The molecule has 22 heavy (non-hydrogen) atoms. The fourth-order valence-corrected chi connectivity index (χ4v) is 2.41. The molecule has 0 saturated heterocycles. The average Bonchev–Trinajstić information content (AvgIpc) is 3.30. The van der Waals surface area contributed by atoms with E-state index in [0.717, 1.165) is 34.6 Å². The Morgan fingerprint density at radius 3 is 2.59 bits per heavy atom. The van der Waals surface area contributed by atoms with Gasteiger partial charge >= 0.3 is 0 Å². The minimum Gasteiger partial charge on any atom is -0.486 e. The molecule has 6 nitrogen and oxygen atoms in total. The van der Waals surface area contributed by atoms with Crippen LogP contribution in [0.25, 0.3) is 0 Å². The van der Waals surface area contributed by atoms with E-state index in [1.54, 1.807) is 0 Å². The predicted molar refractivity (Wildman–Crippen MR) is 84.1 cm³/mol. The molecule has 1 aliphatic heterocycles. The summed E-state index contributed by atoms with van der Waals surface area (Å²) in [5, 5.41) is 6.70. The Balaban J connectivity index is 1.55. The normalized spacial score (nSPS) is 16.2. The van der Waals surface area contributed by atoms with E-state index >= 15 is 0 Å². The van der Waals surface area contributed by atoms with E-state index in [1.807, 2.05) is 31.2 Å². The lowest BCUT2D eigenvalue weighted by molar-refractivity contribution is 0.171. The van der Waals surface area contributed by atoms with E-state index in [2.05, 4.69) is 20.6 Å². The molecule has 0 radical (unpaired) electrons. The van der Waals surface area contributed by atoms with Crippen LogP contribution < -0.4 is 20.1 Å². The molecule has 2 heterocycles. The van der Waals surface area contributed by atoms with Crippen LogP contribution in [0.15, 0.2) is 24.3 Å². The standard InChI is InChI=1S/C16H18N4O2/c1-10-17-15(19-11-2-3-11)9-16(18-10)20-12-4-5-13-14(8-12)22-7-6-21-13/h4-5,8-9,11H,2-3,6-7H2,1H3,(H2,17,18,19,20). The third kappa shape index (κ3) is 2.90. The maximum atomic E-state index is 5.60. The van der Waals surface area contributed by atoms with Crippen LogP contribution in [0.1, 0.15) is 18.7 Å². The number of fused-ring (bicyclic) bond motifs is 1. The number of hydrogen-bond donors (Lipinski definition) is 2. The van der Waals surface area contributed by atoms with Crippen molar-refractivity contribution in [3.05, 3.63) is 30.1 Å². The first-order valence-electron chi connectivity index (χ1n) is 7.55. The Labute approximate surface area is 128 Å². The van der Waals surface area contributed by atoms with Gasteiger partial charge in [0.1, 0.15) is 30.7 Å². The lowest BCUT2D eigenvalue weighted by Gasteiger charge is -2.19. The summed E-state index contributed by atoms with van der Waals surface area (Å²) in [6, 6.07) is 8.30. The summed E-state index contributed by atoms with van der Waals surface area (Å²) in [4.78, 5) is 8.85. The number of hydrogen-bond acceptors (Lipinski definition) is 6. The number of nitrogens with zero attached hydrogens (tertiary/aromatic N) is 2. The maximum absolute atomic E-state index is 5.60. The molecule has 2 aliphatic rings. The van der Waals surface area contributed by atoms with Gasteiger partial charge in [-0.1, -0.05) is 0 Å². The zero-order valence-electron chi connectivity index (χ0n) is 12.4. The van der Waals surface area contributed by atoms with Crippen molar-refractivity contribution in [3.8, 4) is 11.5 Å². The van der Waals surface area contributed by atoms with Gasteiger partial charge in [0.2, 0.25) is 0 Å². The fourth-order valence-electron chi connectivity index (χ4n) is 2.41. The highest BCUT2D eigenvalue weighted by Crippen LogP contribution is 2.33. The number of nitrogens with one attached hydrogen (secondary N) is 2. The van der Waals surface area contributed by atoms with E-state index in [0.29, 0.717) is 19.3 Å². The number of anilines is 3. The smallest absolute Gasteiger partial charge is 0.163 e. The van der Waals surface area contributed by atoms with E-state index in [1.165, 1.54) is 12.8 Å². The Hall–Kier alpha value is -2.50. The SMILES string of the molecule is Cc1nc(Nc2ccc3c(c2)OCCO3)cc(NC2CC2)n1. The molecule has 6 heteroatoms. The Kier molecular flexibility index (Phi) is 3.21. The van der Waals surface area contributed by atoms with Crippen LogP contribution in [0.2, 0.25) is 0 Å². The molecule has 114 valence electrons. The first kappa shape index (κ1) is 13.2. The third-order valence-corrected chi connectivity index (χ3v) is 3.58. The molecule has 2 aromatic rings. The molecule has 0 unspecified atom stereocenters. The van der Waals surface area contributed by atoms with Crippen molar-refractivity contribution in [2.45, 2.75) is 25.8 Å². The van der Waals surface area contributed by atoms with Gasteiger partial charge in [0.25, 0.3) is 0 Å². The van der Waals surface area contributed by atoms with Crippen LogP contribution in [0, 0.1) is 6.92 Å². The summed E-state index contributed by atoms with van der Waals surface area (Å²) in [5.74, 6) is 3.93. The molecule has 4 rings (SSSR count). The van der Waals surface area contributed by atoms with Gasteiger partial charge in [0.15, 0.2) is 11.5 Å². The zero-order chi connectivity index (χ0) is 14.9. The molecule has 0 atom stereocenters. The third-order valence-electron chi connectivity index (χ3n) is 3.58. The first-order chi connectivity index (χ1) is 10.8. The van der Waals surface area contributed by atoms with Gasteiger partial charge in [0.05, 0.1) is 0 Å². The highest BCUT2D eigenvalue weighted by Gasteiger charge is 2.21. The number of rotatable bonds is 4. The molecule has 0 bridgehead atoms. The van der Waals surface area contributed by atoms with Crippen molar-refractivity contribution in [1.29, 1.82) is 0 Å². The van der Waals surface area contributed by atoms with E-state index in [-0.39, 0.29) is 0 Å². The van der Waals surface area contributed by atoms with Crippen molar-refractivity contribution >= 4 is 17.3 Å². The second-order valence-electron chi connectivity index (χ2n) is 5.59. The zero-order valence-corrected chi connectivity index (χ0v) is 12.4. The first-order valence-corrected chi connectivity index (χ1v) is 7.55. The number of benzene rings is 1. The largest absolute Gasteiger partial charge is 0.486 e. The molecule has 1 aromatic heterocycles. The summed E-state index contributed by atoms with van der Waals surface area (Å²) in [7, 11) is 0. The second kappa shape index (κ2) is 5.36. The summed E-state index contributed by atoms with van der Waals surface area (Å²) in [5.41, 5.74) is 0.916. The van der Waals surface area contributed by atoms with Crippen molar-refractivity contribution in [2.24, 2.45) is 0 Å². The van der Waals surface area contributed by atoms with Crippen molar-refractivity contribution in [1.82, 2.24) is 9.97 Å². The average molecular weight is 298 g/mol. The van der Waals surface area contributed by atoms with Crippen molar-refractivity contribution in [3.63, 3.8) is 0 Å². The van der Waals surface area contributed by atoms with Crippen molar-refractivity contribution in [2.75, 3.05) is 23.8 Å². The van der Waals surface area contributed by atoms with E-state index in [4.69, 9.17) is 9.47 Å². The van der Waals surface area contributed by atoms with Gasteiger partial charge in [-0.05, 0) is 31.9 Å². The van der Waals surface area contributed by atoms with Gasteiger partial charge < -0.3 is 20.1 Å². The van der Waals surface area contributed by atoms with Crippen LogP contribution in [0.3, 0.4) is 0 Å². The van der Waals surface area contributed by atoms with Gasteiger partial charge in [-0.25, -0.2) is 9.97 Å². The topological polar surface area (TPSA) is 68.3 Å². The highest BCUT2D eigenvalue weighted by atomic mass is 16.6. The predicted octanol–water partition coefficient (Wildman–Crippen LogP) is 2.87. The molecule has 0 amide bonds. The van der Waals surface area contributed by atoms with Crippen LogP contribution >= 0.6 is 0 Å². The van der Waals surface area contributed by atoms with Crippen LogP contribution in [-0.2, 0) is 0 Å². The Morgan fingerprint density at radius 2 is 1.77 bits per heavy atom. The molecule has 1 aliphatic carbocycles. The number of ether oxygens (including phenoxy) is 2. The van der Waals surface area contributed by atoms with Gasteiger partial charge in [0, 0.05) is 23.9 Å². The second-order valence-corrected chi connectivity index (χ2v) is 5.59. The van der Waals surface area contributed by atoms with Crippen molar-refractivity contribution < 1.29 is 9.47 Å². The lowest BCUT2D eigenvalue weighted by atomic mass is 10.2. The molecular formula is C16H18N4O2. The molecule has 1 saturated carbocycles. The summed E-state index contributed by atoms with van der Waals surface area (Å²) in [6.07, 6.45) is 2.43. The number of aromatic nitrogens is 2. The summed E-state index contributed by atoms with van der Waals surface area (Å²) < 4.78 is 11.1. The fraction of sp³-hybridized carbons (Fsp3) is 0.375.